The Morgan fingerprint density at radius 1 is 0.976 bits per heavy atom. The van der Waals surface area contributed by atoms with Gasteiger partial charge in [-0.1, -0.05) is 12.1 Å². The van der Waals surface area contributed by atoms with E-state index in [0.29, 0.717) is 48.6 Å². The Hall–Kier alpha value is -4.68. The van der Waals surface area contributed by atoms with Gasteiger partial charge in [-0.3, -0.25) is 24.9 Å². The van der Waals surface area contributed by atoms with Crippen LogP contribution in [0.4, 0.5) is 24.8 Å². The fourth-order valence-electron chi connectivity index (χ4n) is 5.65. The first kappa shape index (κ1) is 26.5. The van der Waals surface area contributed by atoms with Crippen molar-refractivity contribution in [3.63, 3.8) is 0 Å². The van der Waals surface area contributed by atoms with Crippen LogP contribution >= 0.6 is 0 Å². The number of aromatic nitrogens is 6. The Bertz CT molecular complexity index is 1830. The van der Waals surface area contributed by atoms with Crippen LogP contribution in [0.1, 0.15) is 55.3 Å². The molecule has 212 valence electrons. The van der Waals surface area contributed by atoms with Gasteiger partial charge in [0.2, 0.25) is 5.91 Å². The molecule has 10 nitrogen and oxygen atoms in total. The number of hydrogen-bond acceptors (Lipinski definition) is 6. The maximum absolute atomic E-state index is 14.3. The molecule has 3 aromatic heterocycles. The standard InChI is InChI=1S/C28H27F3N8O2/c1-13-23(15-7-9-16(10-8-15)32-14(2)40)33-25(34-24(13)35-26-17-5-3-4-6-21(17)36-38-26)18-11-19-22(37-39-27(19)41)12-20(18)28(29,30)31/h3-6,11-12,15-16H,7-10H2,1-2H3,(H,32,40)(H2,37,39,41)(H2,33,34,35,36,38). The first-order valence-corrected chi connectivity index (χ1v) is 13.3. The van der Waals surface area contributed by atoms with E-state index < -0.39 is 17.3 Å². The van der Waals surface area contributed by atoms with E-state index in [1.54, 1.807) is 0 Å². The van der Waals surface area contributed by atoms with E-state index in [9.17, 15) is 22.8 Å². The van der Waals surface area contributed by atoms with E-state index in [0.717, 1.165) is 17.0 Å². The van der Waals surface area contributed by atoms with Crippen molar-refractivity contribution in [2.45, 2.75) is 57.7 Å². The van der Waals surface area contributed by atoms with Gasteiger partial charge in [0.1, 0.15) is 5.82 Å². The van der Waals surface area contributed by atoms with Crippen LogP contribution in [0.15, 0.2) is 41.2 Å². The number of amides is 1. The minimum absolute atomic E-state index is 0.0380. The summed E-state index contributed by atoms with van der Waals surface area (Å²) in [4.78, 5) is 33.2. The number of fused-ring (bicyclic) bond motifs is 2. The van der Waals surface area contributed by atoms with Crippen molar-refractivity contribution in [2.75, 3.05) is 5.32 Å². The van der Waals surface area contributed by atoms with Gasteiger partial charge in [0.15, 0.2) is 11.6 Å². The van der Waals surface area contributed by atoms with Crippen LogP contribution in [-0.2, 0) is 11.0 Å². The van der Waals surface area contributed by atoms with Crippen LogP contribution in [0.5, 0.6) is 0 Å². The summed E-state index contributed by atoms with van der Waals surface area (Å²) >= 11 is 0. The van der Waals surface area contributed by atoms with Crippen molar-refractivity contribution >= 4 is 39.3 Å². The molecule has 0 aliphatic heterocycles. The van der Waals surface area contributed by atoms with Crippen molar-refractivity contribution in [3.8, 4) is 11.4 Å². The van der Waals surface area contributed by atoms with E-state index in [1.165, 1.54) is 13.0 Å². The summed E-state index contributed by atoms with van der Waals surface area (Å²) < 4.78 is 42.9. The molecule has 13 heteroatoms. The Morgan fingerprint density at radius 2 is 1.73 bits per heavy atom. The lowest BCUT2D eigenvalue weighted by molar-refractivity contribution is -0.137. The normalized spacial score (nSPS) is 17.7. The smallest absolute Gasteiger partial charge is 0.354 e. The summed E-state index contributed by atoms with van der Waals surface area (Å²) in [5, 5.41) is 19.2. The molecule has 0 unspecified atom stereocenters. The minimum atomic E-state index is -4.73. The average molecular weight is 565 g/mol. The second-order valence-corrected chi connectivity index (χ2v) is 10.4. The van der Waals surface area contributed by atoms with Crippen LogP contribution in [0, 0.1) is 6.92 Å². The number of anilines is 2. The number of para-hydroxylation sites is 1. The zero-order chi connectivity index (χ0) is 28.9. The molecule has 6 rings (SSSR count). The summed E-state index contributed by atoms with van der Waals surface area (Å²) in [6, 6.07) is 9.59. The lowest BCUT2D eigenvalue weighted by atomic mass is 9.82. The molecule has 1 aliphatic rings. The van der Waals surface area contributed by atoms with Crippen LogP contribution in [0.25, 0.3) is 33.2 Å². The van der Waals surface area contributed by atoms with Gasteiger partial charge >= 0.3 is 6.18 Å². The number of carbonyl (C=O) groups excluding carboxylic acids is 1. The quantitative estimate of drug-likeness (QED) is 0.193. The number of rotatable bonds is 5. The largest absolute Gasteiger partial charge is 0.417 e. The third kappa shape index (κ3) is 5.03. The van der Waals surface area contributed by atoms with Gasteiger partial charge in [-0.2, -0.15) is 18.3 Å². The SMILES string of the molecule is CC(=O)NC1CCC(c2nc(-c3cc4c(=O)[nH][nH]c4cc3C(F)(F)F)nc(Nc3n[nH]c4ccccc34)c2C)CC1. The summed E-state index contributed by atoms with van der Waals surface area (Å²) in [5.41, 5.74) is 0.345. The highest BCUT2D eigenvalue weighted by Crippen LogP contribution is 2.41. The van der Waals surface area contributed by atoms with Crippen molar-refractivity contribution < 1.29 is 18.0 Å². The van der Waals surface area contributed by atoms with Crippen molar-refractivity contribution in [1.29, 1.82) is 0 Å². The molecular weight excluding hydrogens is 537 g/mol. The van der Waals surface area contributed by atoms with Crippen molar-refractivity contribution in [2.24, 2.45) is 0 Å². The molecule has 1 fully saturated rings. The van der Waals surface area contributed by atoms with E-state index >= 15 is 0 Å². The van der Waals surface area contributed by atoms with Crippen LogP contribution in [-0.4, -0.2) is 42.3 Å². The summed E-state index contributed by atoms with van der Waals surface area (Å²) in [5.74, 6) is 0.491. The van der Waals surface area contributed by atoms with E-state index in [2.05, 4.69) is 36.0 Å². The molecule has 1 aliphatic carbocycles. The van der Waals surface area contributed by atoms with Gasteiger partial charge in [0, 0.05) is 35.4 Å². The van der Waals surface area contributed by atoms with Crippen LogP contribution < -0.4 is 16.2 Å². The predicted octanol–water partition coefficient (Wildman–Crippen LogP) is 5.42. The molecule has 1 saturated carbocycles. The second kappa shape index (κ2) is 10.1. The predicted molar refractivity (Wildman–Crippen MR) is 148 cm³/mol. The Morgan fingerprint density at radius 3 is 2.46 bits per heavy atom. The average Bonchev–Trinajstić information content (AvgIpc) is 3.52. The van der Waals surface area contributed by atoms with E-state index in [-0.39, 0.29) is 40.2 Å². The van der Waals surface area contributed by atoms with Gasteiger partial charge in [0.05, 0.1) is 27.7 Å². The molecule has 3 heterocycles. The molecule has 5 N–H and O–H groups in total. The maximum atomic E-state index is 14.3. The van der Waals surface area contributed by atoms with E-state index in [4.69, 9.17) is 4.98 Å². The fourth-order valence-corrected chi connectivity index (χ4v) is 5.65. The first-order chi connectivity index (χ1) is 19.6. The minimum Gasteiger partial charge on any atom is -0.354 e. The number of carbonyl (C=O) groups is 1. The number of alkyl halides is 3. The van der Waals surface area contributed by atoms with Crippen molar-refractivity contribution in [1.82, 2.24) is 35.7 Å². The molecule has 2 aromatic carbocycles. The third-order valence-corrected chi connectivity index (χ3v) is 7.67. The molecular formula is C28H27F3N8O2. The topological polar surface area (TPSA) is 144 Å². The molecule has 0 radical (unpaired) electrons. The highest BCUT2D eigenvalue weighted by molar-refractivity contribution is 5.91. The molecule has 5 aromatic rings. The second-order valence-electron chi connectivity index (χ2n) is 10.4. The van der Waals surface area contributed by atoms with Crippen molar-refractivity contribution in [3.05, 3.63) is 63.6 Å². The Labute approximate surface area is 231 Å². The zero-order valence-electron chi connectivity index (χ0n) is 22.2. The molecule has 0 spiro atoms. The van der Waals surface area contributed by atoms with Gasteiger partial charge < -0.3 is 10.6 Å². The highest BCUT2D eigenvalue weighted by atomic mass is 19.4. The van der Waals surface area contributed by atoms with E-state index in [1.807, 2.05) is 31.2 Å². The van der Waals surface area contributed by atoms with Gasteiger partial charge in [-0.25, -0.2) is 9.97 Å². The molecule has 0 atom stereocenters. The first-order valence-electron chi connectivity index (χ1n) is 13.3. The lowest BCUT2D eigenvalue weighted by Crippen LogP contribution is -2.36. The monoisotopic (exact) mass is 564 g/mol. The molecule has 41 heavy (non-hydrogen) atoms. The zero-order valence-corrected chi connectivity index (χ0v) is 22.2. The number of H-pyrrole nitrogens is 3. The van der Waals surface area contributed by atoms with Crippen LogP contribution in [0.2, 0.25) is 0 Å². The third-order valence-electron chi connectivity index (χ3n) is 7.67. The number of benzene rings is 2. The summed E-state index contributed by atoms with van der Waals surface area (Å²) in [6.07, 6.45) is -1.91. The highest BCUT2D eigenvalue weighted by Gasteiger charge is 2.36. The van der Waals surface area contributed by atoms with Gasteiger partial charge in [-0.15, -0.1) is 0 Å². The number of nitrogens with one attached hydrogen (secondary N) is 5. The number of halogens is 3. The molecule has 1 amide bonds. The molecule has 0 bridgehead atoms. The number of nitrogens with zero attached hydrogens (tertiary/aromatic N) is 3. The fraction of sp³-hybridized carbons (Fsp3) is 0.321. The Balaban J connectivity index is 1.50. The molecule has 0 saturated heterocycles. The van der Waals surface area contributed by atoms with Gasteiger partial charge in [0.25, 0.3) is 5.56 Å². The lowest BCUT2D eigenvalue weighted by Gasteiger charge is -2.30. The van der Waals surface area contributed by atoms with Gasteiger partial charge in [-0.05, 0) is 56.9 Å². The van der Waals surface area contributed by atoms with Crippen LogP contribution in [0.3, 0.4) is 0 Å². The summed E-state index contributed by atoms with van der Waals surface area (Å²) in [7, 11) is 0. The number of aromatic amines is 3. The number of hydrogen-bond donors (Lipinski definition) is 5. The summed E-state index contributed by atoms with van der Waals surface area (Å²) in [6.45, 7) is 3.31. The maximum Gasteiger partial charge on any atom is 0.417 e. The Kier molecular flexibility index (Phi) is 6.51.